The number of carbonyl (C=O) groups excluding carboxylic acids is 1. The van der Waals surface area contributed by atoms with Gasteiger partial charge in [-0.15, -0.1) is 0 Å². The summed E-state index contributed by atoms with van der Waals surface area (Å²) in [5, 5.41) is 16.6. The SMILES string of the molecule is Cc1noc(C)c1CCC(=O)Nc1cc(C(C)(C)C)ccc1O. The Labute approximate surface area is 136 Å². The topological polar surface area (TPSA) is 75.4 Å². The van der Waals surface area contributed by atoms with Gasteiger partial charge in [0.2, 0.25) is 5.91 Å². The number of nitrogens with zero attached hydrogens (tertiary/aromatic N) is 1. The first kappa shape index (κ1) is 17.1. The molecule has 2 rings (SSSR count). The first-order chi connectivity index (χ1) is 10.7. The van der Waals surface area contributed by atoms with Crippen molar-refractivity contribution in [1.82, 2.24) is 5.16 Å². The Kier molecular flexibility index (Phi) is 4.78. The van der Waals surface area contributed by atoms with Crippen LogP contribution in [0.5, 0.6) is 5.75 Å². The fraction of sp³-hybridized carbons (Fsp3) is 0.444. The van der Waals surface area contributed by atoms with Gasteiger partial charge in [-0.1, -0.05) is 32.0 Å². The van der Waals surface area contributed by atoms with Crippen LogP contribution in [0.1, 0.15) is 49.8 Å². The highest BCUT2D eigenvalue weighted by molar-refractivity contribution is 5.92. The van der Waals surface area contributed by atoms with E-state index in [0.29, 0.717) is 18.5 Å². The summed E-state index contributed by atoms with van der Waals surface area (Å²) in [5.74, 6) is 0.669. The van der Waals surface area contributed by atoms with Crippen molar-refractivity contribution in [2.45, 2.75) is 52.9 Å². The Morgan fingerprint density at radius 2 is 2.00 bits per heavy atom. The molecule has 23 heavy (non-hydrogen) atoms. The van der Waals surface area contributed by atoms with E-state index >= 15 is 0 Å². The van der Waals surface area contributed by atoms with Crippen molar-refractivity contribution in [3.63, 3.8) is 0 Å². The van der Waals surface area contributed by atoms with Crippen LogP contribution in [0, 0.1) is 13.8 Å². The molecule has 0 saturated carbocycles. The minimum atomic E-state index is -0.147. The highest BCUT2D eigenvalue weighted by Gasteiger charge is 2.17. The van der Waals surface area contributed by atoms with Gasteiger partial charge < -0.3 is 14.9 Å². The van der Waals surface area contributed by atoms with E-state index in [4.69, 9.17) is 4.52 Å². The maximum atomic E-state index is 12.2. The molecular formula is C18H24N2O3. The van der Waals surface area contributed by atoms with Gasteiger partial charge in [0.1, 0.15) is 11.5 Å². The number of anilines is 1. The second-order valence-electron chi connectivity index (χ2n) is 6.83. The molecule has 0 spiro atoms. The van der Waals surface area contributed by atoms with Crippen molar-refractivity contribution in [1.29, 1.82) is 0 Å². The lowest BCUT2D eigenvalue weighted by molar-refractivity contribution is -0.116. The minimum Gasteiger partial charge on any atom is -0.506 e. The van der Waals surface area contributed by atoms with Crippen molar-refractivity contribution in [2.24, 2.45) is 0 Å². The second-order valence-corrected chi connectivity index (χ2v) is 6.83. The standard InChI is InChI=1S/C18H24N2O3/c1-11-14(12(2)23-20-11)7-9-17(22)19-15-10-13(18(3,4)5)6-8-16(15)21/h6,8,10,21H,7,9H2,1-5H3,(H,19,22). The first-order valence-electron chi connectivity index (χ1n) is 7.73. The lowest BCUT2D eigenvalue weighted by Gasteiger charge is -2.20. The van der Waals surface area contributed by atoms with Gasteiger partial charge in [-0.05, 0) is 43.4 Å². The van der Waals surface area contributed by atoms with Crippen LogP contribution in [0.15, 0.2) is 22.7 Å². The molecule has 124 valence electrons. The number of aryl methyl sites for hydroxylation is 2. The number of aromatic hydroxyl groups is 1. The average molecular weight is 316 g/mol. The summed E-state index contributed by atoms with van der Waals surface area (Å²) in [5.41, 5.74) is 3.22. The van der Waals surface area contributed by atoms with Gasteiger partial charge in [-0.2, -0.15) is 0 Å². The van der Waals surface area contributed by atoms with Gasteiger partial charge >= 0.3 is 0 Å². The minimum absolute atomic E-state index is 0.0517. The third-order valence-electron chi connectivity index (χ3n) is 3.92. The van der Waals surface area contributed by atoms with Crippen LogP contribution in [-0.4, -0.2) is 16.2 Å². The van der Waals surface area contributed by atoms with Crippen molar-refractivity contribution in [3.8, 4) is 5.75 Å². The number of amides is 1. The van der Waals surface area contributed by atoms with Crippen LogP contribution in [-0.2, 0) is 16.6 Å². The number of phenolic OH excluding ortho intramolecular Hbond substituents is 1. The number of rotatable bonds is 4. The van der Waals surface area contributed by atoms with E-state index in [1.165, 1.54) is 0 Å². The molecule has 1 aromatic carbocycles. The highest BCUT2D eigenvalue weighted by atomic mass is 16.5. The molecule has 0 saturated heterocycles. The number of hydrogen-bond donors (Lipinski definition) is 2. The van der Waals surface area contributed by atoms with E-state index in [0.717, 1.165) is 22.6 Å². The molecule has 5 nitrogen and oxygen atoms in total. The van der Waals surface area contributed by atoms with E-state index in [-0.39, 0.29) is 17.1 Å². The fourth-order valence-electron chi connectivity index (χ4n) is 2.41. The van der Waals surface area contributed by atoms with E-state index in [1.807, 2.05) is 26.0 Å². The maximum Gasteiger partial charge on any atom is 0.224 e. The lowest BCUT2D eigenvalue weighted by atomic mass is 9.87. The fourth-order valence-corrected chi connectivity index (χ4v) is 2.41. The van der Waals surface area contributed by atoms with Crippen molar-refractivity contribution in [2.75, 3.05) is 5.32 Å². The van der Waals surface area contributed by atoms with Gasteiger partial charge in [0.05, 0.1) is 11.4 Å². The van der Waals surface area contributed by atoms with Crippen LogP contribution in [0.3, 0.4) is 0 Å². The van der Waals surface area contributed by atoms with Crippen molar-refractivity contribution in [3.05, 3.63) is 40.8 Å². The number of nitrogens with one attached hydrogen (secondary N) is 1. The number of hydrogen-bond acceptors (Lipinski definition) is 4. The predicted molar refractivity (Wildman–Crippen MR) is 89.7 cm³/mol. The molecule has 1 amide bonds. The molecule has 0 fully saturated rings. The van der Waals surface area contributed by atoms with Gasteiger partial charge in [0.25, 0.3) is 0 Å². The molecule has 2 N–H and O–H groups in total. The zero-order valence-electron chi connectivity index (χ0n) is 14.4. The Balaban J connectivity index is 2.06. The van der Waals surface area contributed by atoms with Crippen LogP contribution >= 0.6 is 0 Å². The van der Waals surface area contributed by atoms with Gasteiger partial charge in [0.15, 0.2) is 0 Å². The highest BCUT2D eigenvalue weighted by Crippen LogP contribution is 2.30. The van der Waals surface area contributed by atoms with Gasteiger partial charge in [-0.3, -0.25) is 4.79 Å². The molecule has 0 aliphatic carbocycles. The molecule has 0 aliphatic rings. The van der Waals surface area contributed by atoms with Crippen LogP contribution in [0.25, 0.3) is 0 Å². The lowest BCUT2D eigenvalue weighted by Crippen LogP contribution is -2.15. The molecule has 1 aromatic heterocycles. The summed E-state index contributed by atoms with van der Waals surface area (Å²) in [6.07, 6.45) is 0.870. The van der Waals surface area contributed by atoms with E-state index < -0.39 is 0 Å². The molecule has 0 aliphatic heterocycles. The van der Waals surface area contributed by atoms with Gasteiger partial charge in [0, 0.05) is 12.0 Å². The largest absolute Gasteiger partial charge is 0.506 e. The van der Waals surface area contributed by atoms with Crippen LogP contribution < -0.4 is 5.32 Å². The van der Waals surface area contributed by atoms with E-state index in [1.54, 1.807) is 6.07 Å². The summed E-state index contributed by atoms with van der Waals surface area (Å²) in [6.45, 7) is 9.96. The van der Waals surface area contributed by atoms with Gasteiger partial charge in [-0.25, -0.2) is 0 Å². The smallest absolute Gasteiger partial charge is 0.224 e. The van der Waals surface area contributed by atoms with Crippen molar-refractivity contribution >= 4 is 11.6 Å². The molecule has 0 radical (unpaired) electrons. The Morgan fingerprint density at radius 3 is 2.57 bits per heavy atom. The van der Waals surface area contributed by atoms with E-state index in [2.05, 4.69) is 31.2 Å². The quantitative estimate of drug-likeness (QED) is 0.840. The monoisotopic (exact) mass is 316 g/mol. The Morgan fingerprint density at radius 1 is 1.30 bits per heavy atom. The Bertz CT molecular complexity index is 692. The summed E-state index contributed by atoms with van der Waals surface area (Å²) in [6, 6.07) is 5.31. The summed E-state index contributed by atoms with van der Waals surface area (Å²) in [7, 11) is 0. The second kappa shape index (κ2) is 6.44. The zero-order chi connectivity index (χ0) is 17.2. The molecule has 0 bridgehead atoms. The Hall–Kier alpha value is -2.30. The number of aromatic nitrogens is 1. The summed E-state index contributed by atoms with van der Waals surface area (Å²) < 4.78 is 5.10. The van der Waals surface area contributed by atoms with E-state index in [9.17, 15) is 9.90 Å². The van der Waals surface area contributed by atoms with Crippen LogP contribution in [0.2, 0.25) is 0 Å². The zero-order valence-corrected chi connectivity index (χ0v) is 14.4. The third kappa shape index (κ3) is 4.12. The third-order valence-corrected chi connectivity index (χ3v) is 3.92. The first-order valence-corrected chi connectivity index (χ1v) is 7.73. The molecule has 2 aromatic rings. The molecule has 5 heteroatoms. The average Bonchev–Trinajstić information content (AvgIpc) is 2.77. The van der Waals surface area contributed by atoms with Crippen molar-refractivity contribution < 1.29 is 14.4 Å². The number of carbonyl (C=O) groups is 1. The number of benzene rings is 1. The normalized spacial score (nSPS) is 11.5. The maximum absolute atomic E-state index is 12.2. The summed E-state index contributed by atoms with van der Waals surface area (Å²) >= 11 is 0. The molecule has 0 unspecified atom stereocenters. The summed E-state index contributed by atoms with van der Waals surface area (Å²) in [4.78, 5) is 12.2. The molecule has 1 heterocycles. The number of phenols is 1. The molecule has 0 atom stereocenters. The van der Waals surface area contributed by atoms with Crippen LogP contribution in [0.4, 0.5) is 5.69 Å². The molecular weight excluding hydrogens is 292 g/mol. The predicted octanol–water partition coefficient (Wildman–Crippen LogP) is 3.87.